The molecule has 0 amide bonds. The minimum atomic E-state index is -0.314. The van der Waals surface area contributed by atoms with Crippen LogP contribution in [0.15, 0.2) is 22.7 Å². The lowest BCUT2D eigenvalue weighted by Gasteiger charge is -2.24. The third kappa shape index (κ3) is 1.85. The Morgan fingerprint density at radius 1 is 1.57 bits per heavy atom. The Kier molecular flexibility index (Phi) is 2.91. The molecular weight excluding hydrogens is 265 g/mol. The summed E-state index contributed by atoms with van der Waals surface area (Å²) < 4.78 is 1.06. The summed E-state index contributed by atoms with van der Waals surface area (Å²) in [5.41, 5.74) is 2.42. The molecule has 0 radical (unpaired) electrons. The van der Waals surface area contributed by atoms with E-state index < -0.39 is 0 Å². The van der Waals surface area contributed by atoms with Gasteiger partial charge in [-0.1, -0.05) is 28.1 Å². The Balaban J connectivity index is 2.33. The first kappa shape index (κ1) is 10.1. The van der Waals surface area contributed by atoms with Crippen molar-refractivity contribution >= 4 is 32.8 Å². The first-order valence-electron chi connectivity index (χ1n) is 4.37. The van der Waals surface area contributed by atoms with Gasteiger partial charge in [0.2, 0.25) is 5.24 Å². The molecule has 1 N–H and O–H groups in total. The zero-order chi connectivity index (χ0) is 10.1. The molecule has 1 atom stereocenters. The van der Waals surface area contributed by atoms with Crippen LogP contribution in [0.25, 0.3) is 0 Å². The van der Waals surface area contributed by atoms with Crippen molar-refractivity contribution in [3.8, 4) is 0 Å². The second-order valence-electron chi connectivity index (χ2n) is 3.32. The molecule has 0 aliphatic carbocycles. The quantitative estimate of drug-likeness (QED) is 0.796. The van der Waals surface area contributed by atoms with Gasteiger partial charge in [0.15, 0.2) is 0 Å². The first-order chi connectivity index (χ1) is 6.68. The fraction of sp³-hybridized carbons (Fsp3) is 0.300. The molecule has 2 nitrogen and oxygen atoms in total. The summed E-state index contributed by atoms with van der Waals surface area (Å²) in [6.45, 7) is 0.706. The van der Waals surface area contributed by atoms with E-state index in [1.54, 1.807) is 0 Å². The van der Waals surface area contributed by atoms with Crippen LogP contribution < -0.4 is 5.32 Å². The minimum absolute atomic E-state index is 0.247. The zero-order valence-electron chi connectivity index (χ0n) is 7.39. The monoisotopic (exact) mass is 273 g/mol. The average molecular weight is 275 g/mol. The third-order valence-corrected chi connectivity index (χ3v) is 3.44. The van der Waals surface area contributed by atoms with Crippen LogP contribution in [0, 0.1) is 0 Å². The molecule has 2 rings (SSSR count). The average Bonchev–Trinajstić information content (AvgIpc) is 2.18. The molecule has 4 heteroatoms. The zero-order valence-corrected chi connectivity index (χ0v) is 9.73. The number of carbonyl (C=O) groups is 1. The molecule has 1 aromatic rings. The lowest BCUT2D eigenvalue weighted by Crippen LogP contribution is -2.39. The molecule has 0 bridgehead atoms. The molecule has 0 saturated carbocycles. The molecule has 0 fully saturated rings. The number of hydrogen-bond donors (Lipinski definition) is 1. The van der Waals surface area contributed by atoms with Crippen molar-refractivity contribution in [1.29, 1.82) is 0 Å². The molecule has 0 saturated heterocycles. The summed E-state index contributed by atoms with van der Waals surface area (Å²) in [5.74, 6) is 0. The van der Waals surface area contributed by atoms with Crippen molar-refractivity contribution in [3.05, 3.63) is 33.8 Å². The molecule has 14 heavy (non-hydrogen) atoms. The van der Waals surface area contributed by atoms with Crippen molar-refractivity contribution in [2.75, 3.05) is 0 Å². The Bertz CT molecular complexity index is 380. The molecule has 0 spiro atoms. The van der Waals surface area contributed by atoms with Gasteiger partial charge in [0.25, 0.3) is 0 Å². The van der Waals surface area contributed by atoms with Gasteiger partial charge in [-0.25, -0.2) is 0 Å². The number of hydrogen-bond acceptors (Lipinski definition) is 2. The van der Waals surface area contributed by atoms with Crippen LogP contribution >= 0.6 is 27.5 Å². The number of fused-ring (bicyclic) bond motifs is 1. The smallest absolute Gasteiger partial charge is 0.238 e. The number of rotatable bonds is 1. The topological polar surface area (TPSA) is 29.1 Å². The molecule has 74 valence electrons. The normalized spacial score (nSPS) is 20.3. The fourth-order valence-corrected chi connectivity index (χ4v) is 2.39. The van der Waals surface area contributed by atoms with Crippen LogP contribution in [0.2, 0.25) is 0 Å². The van der Waals surface area contributed by atoms with Crippen LogP contribution in [-0.2, 0) is 17.8 Å². The van der Waals surface area contributed by atoms with Crippen molar-refractivity contribution < 1.29 is 4.79 Å². The van der Waals surface area contributed by atoms with E-state index in [9.17, 15) is 4.79 Å². The van der Waals surface area contributed by atoms with E-state index in [0.29, 0.717) is 13.0 Å². The van der Waals surface area contributed by atoms with Crippen LogP contribution in [0.4, 0.5) is 0 Å². The SMILES string of the molecule is O=C(Cl)[C@H]1Cc2c(Br)cccc2CN1. The highest BCUT2D eigenvalue weighted by Gasteiger charge is 2.23. The summed E-state index contributed by atoms with van der Waals surface area (Å²) in [6, 6.07) is 5.79. The molecule has 0 unspecified atom stereocenters. The highest BCUT2D eigenvalue weighted by molar-refractivity contribution is 9.10. The van der Waals surface area contributed by atoms with Gasteiger partial charge in [-0.15, -0.1) is 0 Å². The molecule has 1 aromatic carbocycles. The molecular formula is C10H9BrClNO. The van der Waals surface area contributed by atoms with Gasteiger partial charge in [-0.3, -0.25) is 4.79 Å². The van der Waals surface area contributed by atoms with E-state index >= 15 is 0 Å². The van der Waals surface area contributed by atoms with E-state index in [4.69, 9.17) is 11.6 Å². The predicted molar refractivity (Wildman–Crippen MR) is 59.3 cm³/mol. The largest absolute Gasteiger partial charge is 0.302 e. The maximum atomic E-state index is 11.0. The van der Waals surface area contributed by atoms with Gasteiger partial charge in [-0.2, -0.15) is 0 Å². The van der Waals surface area contributed by atoms with Crippen LogP contribution in [0.3, 0.4) is 0 Å². The van der Waals surface area contributed by atoms with Crippen LogP contribution in [0.5, 0.6) is 0 Å². The Hall–Kier alpha value is -0.380. The van der Waals surface area contributed by atoms with Gasteiger partial charge >= 0.3 is 0 Å². The summed E-state index contributed by atoms with van der Waals surface area (Å²) in [6.07, 6.45) is 0.666. The fourth-order valence-electron chi connectivity index (χ4n) is 1.67. The highest BCUT2D eigenvalue weighted by atomic mass is 79.9. The first-order valence-corrected chi connectivity index (χ1v) is 5.54. The van der Waals surface area contributed by atoms with Gasteiger partial charge < -0.3 is 5.32 Å². The summed E-state index contributed by atoms with van der Waals surface area (Å²) in [5, 5.41) is 2.79. The Labute approximate surface area is 95.8 Å². The number of halogens is 2. The Morgan fingerprint density at radius 3 is 3.07 bits per heavy atom. The van der Waals surface area contributed by atoms with Crippen molar-refractivity contribution in [2.24, 2.45) is 0 Å². The molecule has 1 aliphatic rings. The van der Waals surface area contributed by atoms with Crippen molar-refractivity contribution in [3.63, 3.8) is 0 Å². The van der Waals surface area contributed by atoms with E-state index in [1.807, 2.05) is 12.1 Å². The maximum absolute atomic E-state index is 11.0. The Morgan fingerprint density at radius 2 is 2.36 bits per heavy atom. The highest BCUT2D eigenvalue weighted by Crippen LogP contribution is 2.25. The van der Waals surface area contributed by atoms with E-state index in [1.165, 1.54) is 11.1 Å². The van der Waals surface area contributed by atoms with E-state index in [-0.39, 0.29) is 11.3 Å². The van der Waals surface area contributed by atoms with Crippen LogP contribution in [-0.4, -0.2) is 11.3 Å². The standard InChI is InChI=1S/C10H9BrClNO/c11-8-3-1-2-6-5-13-9(10(12)14)4-7(6)8/h1-3,9,13H,4-5H2/t9-/m1/s1. The lowest BCUT2D eigenvalue weighted by atomic mass is 9.96. The minimum Gasteiger partial charge on any atom is -0.302 e. The molecule has 1 heterocycles. The molecule has 1 aliphatic heterocycles. The van der Waals surface area contributed by atoms with E-state index in [0.717, 1.165) is 4.47 Å². The number of nitrogens with one attached hydrogen (secondary N) is 1. The van der Waals surface area contributed by atoms with Crippen LogP contribution in [0.1, 0.15) is 11.1 Å². The summed E-state index contributed by atoms with van der Waals surface area (Å²) in [4.78, 5) is 11.0. The second kappa shape index (κ2) is 4.01. The number of carbonyl (C=O) groups excluding carboxylic acids is 1. The van der Waals surface area contributed by atoms with Gasteiger partial charge in [-0.05, 0) is 35.2 Å². The predicted octanol–water partition coefficient (Wildman–Crippen LogP) is 2.23. The summed E-state index contributed by atoms with van der Waals surface area (Å²) >= 11 is 8.94. The van der Waals surface area contributed by atoms with E-state index in [2.05, 4.69) is 27.3 Å². The van der Waals surface area contributed by atoms with Gasteiger partial charge in [0.1, 0.15) is 0 Å². The summed E-state index contributed by atoms with van der Waals surface area (Å²) in [7, 11) is 0. The number of benzene rings is 1. The van der Waals surface area contributed by atoms with Crippen molar-refractivity contribution in [1.82, 2.24) is 5.32 Å². The molecule has 0 aromatic heterocycles. The van der Waals surface area contributed by atoms with Crippen molar-refractivity contribution in [2.45, 2.75) is 19.0 Å². The maximum Gasteiger partial charge on any atom is 0.238 e. The van der Waals surface area contributed by atoms with Gasteiger partial charge in [0.05, 0.1) is 6.04 Å². The third-order valence-electron chi connectivity index (χ3n) is 2.44. The van der Waals surface area contributed by atoms with Gasteiger partial charge in [0, 0.05) is 11.0 Å². The lowest BCUT2D eigenvalue weighted by molar-refractivity contribution is -0.113. The second-order valence-corrected chi connectivity index (χ2v) is 4.55.